The van der Waals surface area contributed by atoms with E-state index in [1.807, 2.05) is 48.5 Å². The first-order chi connectivity index (χ1) is 23.2. The van der Waals surface area contributed by atoms with Crippen molar-refractivity contribution in [2.45, 2.75) is 130 Å². The molecule has 17 nitrogen and oxygen atoms in total. The summed E-state index contributed by atoms with van der Waals surface area (Å²) < 4.78 is 0. The molecule has 0 aromatic carbocycles. The Morgan fingerprint density at radius 1 is 0.640 bits per heavy atom. The molecule has 0 heterocycles. The Morgan fingerprint density at radius 3 is 1.46 bits per heavy atom. The zero-order chi connectivity index (χ0) is 38.7. The minimum atomic E-state index is -1.48. The lowest BCUT2D eigenvalue weighted by Gasteiger charge is -2.29. The van der Waals surface area contributed by atoms with Crippen LogP contribution in [0.15, 0.2) is 4.99 Å². The van der Waals surface area contributed by atoms with Crippen LogP contribution >= 0.6 is 0 Å². The molecule has 0 rings (SSSR count). The lowest BCUT2D eigenvalue weighted by molar-refractivity contribution is -0.143. The zero-order valence-corrected chi connectivity index (χ0v) is 31.0. The molecule has 5 amide bonds. The third-order valence-electron chi connectivity index (χ3n) is 7.92. The summed E-state index contributed by atoms with van der Waals surface area (Å²) in [5.41, 5.74) is 16.6. The Bertz CT molecular complexity index is 1140. The number of nitrogens with two attached hydrogens (primary N) is 3. The van der Waals surface area contributed by atoms with Gasteiger partial charge in [-0.05, 0) is 55.8 Å². The fraction of sp³-hybridized carbons (Fsp3) is 0.788. The zero-order valence-electron chi connectivity index (χ0n) is 31.0. The molecule has 50 heavy (non-hydrogen) atoms. The van der Waals surface area contributed by atoms with E-state index in [2.05, 4.69) is 31.6 Å². The van der Waals surface area contributed by atoms with Gasteiger partial charge < -0.3 is 54.0 Å². The van der Waals surface area contributed by atoms with Gasteiger partial charge in [0.15, 0.2) is 5.96 Å². The van der Waals surface area contributed by atoms with Crippen molar-refractivity contribution in [2.75, 3.05) is 13.2 Å². The standard InChI is InChI=1S/C33H63N9O8/c1-9-20(8)26(42-27(44)21(34)11-10-12-37-33(35)36)31(48)41-25(16-43)30(47)39-22(13-17(2)3)28(45)38-23(14-18(4)5)29(46)40-24(32(49)50)15-19(6)7/h17-26,43H,9-16,34H2,1-8H3,(H,38,45)(H,39,47)(H,40,46)(H,41,48)(H,42,44)(H,49,50)(H4,35,36,37)/t20-,21-,22-,23-,24-,25-,26-/m0/s1. The first-order valence-electron chi connectivity index (χ1n) is 17.4. The van der Waals surface area contributed by atoms with Crippen LogP contribution in [0.1, 0.15) is 93.9 Å². The summed E-state index contributed by atoms with van der Waals surface area (Å²) in [5, 5.41) is 32.5. The van der Waals surface area contributed by atoms with Gasteiger partial charge in [0.05, 0.1) is 12.6 Å². The molecule has 0 spiro atoms. The number of aliphatic carboxylic acids is 1. The van der Waals surface area contributed by atoms with Crippen molar-refractivity contribution in [3.63, 3.8) is 0 Å². The minimum absolute atomic E-state index is 0.0117. The molecule has 0 aromatic heterocycles. The molecule has 7 atom stereocenters. The lowest BCUT2D eigenvalue weighted by atomic mass is 9.97. The number of hydrogen-bond donors (Lipinski definition) is 10. The van der Waals surface area contributed by atoms with E-state index in [9.17, 15) is 39.0 Å². The Morgan fingerprint density at radius 2 is 1.06 bits per heavy atom. The van der Waals surface area contributed by atoms with E-state index in [1.54, 1.807) is 6.92 Å². The molecule has 0 radical (unpaired) electrons. The summed E-state index contributed by atoms with van der Waals surface area (Å²) in [6.45, 7) is 14.0. The normalized spacial score (nSPS) is 15.5. The van der Waals surface area contributed by atoms with Crippen LogP contribution in [0.5, 0.6) is 0 Å². The van der Waals surface area contributed by atoms with E-state index in [-0.39, 0.29) is 61.9 Å². The second-order valence-corrected chi connectivity index (χ2v) is 14.1. The van der Waals surface area contributed by atoms with Crippen molar-refractivity contribution >= 4 is 41.5 Å². The molecule has 0 aliphatic heterocycles. The number of hydrogen-bond acceptors (Lipinski definition) is 9. The highest BCUT2D eigenvalue weighted by atomic mass is 16.4. The highest BCUT2D eigenvalue weighted by Crippen LogP contribution is 2.12. The Kier molecular flexibility index (Phi) is 21.6. The highest BCUT2D eigenvalue weighted by Gasteiger charge is 2.34. The fourth-order valence-electron chi connectivity index (χ4n) is 4.98. The summed E-state index contributed by atoms with van der Waals surface area (Å²) in [4.78, 5) is 81.9. The van der Waals surface area contributed by atoms with Crippen molar-refractivity contribution in [1.82, 2.24) is 26.6 Å². The van der Waals surface area contributed by atoms with Crippen LogP contribution in [-0.2, 0) is 28.8 Å². The van der Waals surface area contributed by atoms with E-state index in [1.165, 1.54) is 0 Å². The molecule has 17 heteroatoms. The van der Waals surface area contributed by atoms with Gasteiger partial charge in [0.2, 0.25) is 29.5 Å². The Hall–Kier alpha value is -3.99. The molecule has 0 saturated heterocycles. The molecule has 0 fully saturated rings. The summed E-state index contributed by atoms with van der Waals surface area (Å²) >= 11 is 0. The molecule has 0 unspecified atom stereocenters. The number of carbonyl (C=O) groups excluding carboxylic acids is 5. The smallest absolute Gasteiger partial charge is 0.326 e. The number of nitrogens with one attached hydrogen (secondary N) is 5. The van der Waals surface area contributed by atoms with E-state index < -0.39 is 78.4 Å². The molecule has 0 aromatic rings. The summed E-state index contributed by atoms with van der Waals surface area (Å²) in [6, 6.07) is -6.93. The maximum Gasteiger partial charge on any atom is 0.326 e. The quantitative estimate of drug-likeness (QED) is 0.0331. The van der Waals surface area contributed by atoms with Crippen LogP contribution in [0.4, 0.5) is 0 Å². The van der Waals surface area contributed by atoms with Gasteiger partial charge in [0.1, 0.15) is 30.2 Å². The van der Waals surface area contributed by atoms with Crippen molar-refractivity contribution in [3.05, 3.63) is 0 Å². The van der Waals surface area contributed by atoms with Crippen LogP contribution < -0.4 is 43.8 Å². The minimum Gasteiger partial charge on any atom is -0.480 e. The average molecular weight is 714 g/mol. The van der Waals surface area contributed by atoms with Crippen molar-refractivity contribution in [1.29, 1.82) is 0 Å². The van der Waals surface area contributed by atoms with Crippen LogP contribution in [-0.4, -0.2) is 101 Å². The Labute approximate surface area is 296 Å². The predicted molar refractivity (Wildman–Crippen MR) is 190 cm³/mol. The van der Waals surface area contributed by atoms with E-state index >= 15 is 0 Å². The SMILES string of the molecule is CC[C@H](C)[C@H](NC(=O)[C@@H](N)CCCN=C(N)N)C(=O)N[C@@H](CO)C(=O)N[C@@H](CC(C)C)C(=O)N[C@@H](CC(C)C)C(=O)N[C@@H](CC(C)C)C(=O)O. The maximum absolute atomic E-state index is 13.5. The number of carboxylic acid groups (broad SMARTS) is 1. The third-order valence-corrected chi connectivity index (χ3v) is 7.92. The number of carbonyl (C=O) groups is 6. The Balaban J connectivity index is 5.86. The molecular weight excluding hydrogens is 650 g/mol. The number of aliphatic hydroxyl groups is 1. The highest BCUT2D eigenvalue weighted by molar-refractivity contribution is 5.96. The number of aliphatic hydroxyl groups excluding tert-OH is 1. The summed E-state index contributed by atoms with van der Waals surface area (Å²) in [7, 11) is 0. The van der Waals surface area contributed by atoms with Crippen molar-refractivity contribution in [3.8, 4) is 0 Å². The van der Waals surface area contributed by atoms with Crippen LogP contribution in [0.3, 0.4) is 0 Å². The van der Waals surface area contributed by atoms with E-state index in [4.69, 9.17) is 17.2 Å². The van der Waals surface area contributed by atoms with Crippen LogP contribution in [0.2, 0.25) is 0 Å². The van der Waals surface area contributed by atoms with Gasteiger partial charge in [-0.25, -0.2) is 4.79 Å². The van der Waals surface area contributed by atoms with Crippen molar-refractivity contribution in [2.24, 2.45) is 45.9 Å². The largest absolute Gasteiger partial charge is 0.480 e. The molecule has 288 valence electrons. The average Bonchev–Trinajstić information content (AvgIpc) is 3.01. The van der Waals surface area contributed by atoms with Gasteiger partial charge in [0, 0.05) is 6.54 Å². The van der Waals surface area contributed by atoms with Crippen LogP contribution in [0.25, 0.3) is 0 Å². The number of aliphatic imine (C=N–C) groups is 1. The van der Waals surface area contributed by atoms with Gasteiger partial charge in [-0.15, -0.1) is 0 Å². The molecule has 0 aliphatic rings. The van der Waals surface area contributed by atoms with Crippen LogP contribution in [0, 0.1) is 23.7 Å². The second-order valence-electron chi connectivity index (χ2n) is 14.1. The van der Waals surface area contributed by atoms with E-state index in [0.29, 0.717) is 12.8 Å². The molecule has 0 aliphatic carbocycles. The number of carboxylic acids is 1. The lowest BCUT2D eigenvalue weighted by Crippen LogP contribution is -2.61. The number of nitrogens with zero attached hydrogens (tertiary/aromatic N) is 1. The summed E-state index contributed by atoms with van der Waals surface area (Å²) in [5.74, 6) is -5.35. The first kappa shape index (κ1) is 46.0. The molecule has 13 N–H and O–H groups in total. The number of guanidine groups is 1. The van der Waals surface area contributed by atoms with Gasteiger partial charge in [-0.2, -0.15) is 0 Å². The first-order valence-corrected chi connectivity index (χ1v) is 17.4. The monoisotopic (exact) mass is 713 g/mol. The third kappa shape index (κ3) is 18.1. The molecule has 0 saturated carbocycles. The molecule has 0 bridgehead atoms. The van der Waals surface area contributed by atoms with Gasteiger partial charge in [-0.3, -0.25) is 29.0 Å². The molecular formula is C33H63N9O8. The second kappa shape index (κ2) is 23.4. The number of rotatable bonds is 24. The maximum atomic E-state index is 13.5. The van der Waals surface area contributed by atoms with Gasteiger partial charge in [0.25, 0.3) is 0 Å². The number of amides is 5. The van der Waals surface area contributed by atoms with Gasteiger partial charge >= 0.3 is 5.97 Å². The van der Waals surface area contributed by atoms with Gasteiger partial charge in [-0.1, -0.05) is 61.8 Å². The fourth-order valence-corrected chi connectivity index (χ4v) is 4.98. The predicted octanol–water partition coefficient (Wildman–Crippen LogP) is -0.947. The van der Waals surface area contributed by atoms with E-state index in [0.717, 1.165) is 0 Å². The topological polar surface area (TPSA) is 293 Å². The summed E-state index contributed by atoms with van der Waals surface area (Å²) in [6.07, 6.45) is 1.70. The van der Waals surface area contributed by atoms with Crippen molar-refractivity contribution < 1.29 is 39.0 Å².